The van der Waals surface area contributed by atoms with Gasteiger partial charge in [0.25, 0.3) is 0 Å². The van der Waals surface area contributed by atoms with Gasteiger partial charge in [0, 0.05) is 26.2 Å². The highest BCUT2D eigenvalue weighted by atomic mass is 19.4. The zero-order valence-electron chi connectivity index (χ0n) is 17.4. The van der Waals surface area contributed by atoms with Crippen molar-refractivity contribution in [3.05, 3.63) is 35.4 Å². The monoisotopic (exact) mass is 465 g/mol. The Morgan fingerprint density at radius 1 is 0.875 bits per heavy atom. The summed E-state index contributed by atoms with van der Waals surface area (Å²) in [4.78, 5) is 29.8. The highest BCUT2D eigenvalue weighted by Crippen LogP contribution is 2.29. The first kappa shape index (κ1) is 24.3. The van der Waals surface area contributed by atoms with E-state index >= 15 is 0 Å². The fourth-order valence-corrected chi connectivity index (χ4v) is 4.20. The van der Waals surface area contributed by atoms with Crippen molar-refractivity contribution in [3.8, 4) is 0 Å². The molecular formula is C21H25F6N3O2. The quantitative estimate of drug-likeness (QED) is 0.627. The molecule has 0 N–H and O–H groups in total. The number of alkyl halides is 6. The smallest absolute Gasteiger partial charge is 0.339 e. The molecule has 2 aliphatic rings. The third-order valence-corrected chi connectivity index (χ3v) is 5.81. The number of nitrogens with zero attached hydrogens (tertiary/aromatic N) is 3. The molecule has 0 bridgehead atoms. The number of hydrogen-bond acceptors (Lipinski definition) is 3. The lowest BCUT2D eigenvalue weighted by Crippen LogP contribution is -2.60. The van der Waals surface area contributed by atoms with Gasteiger partial charge in [-0.25, -0.2) is 0 Å². The molecule has 1 atom stereocenters. The highest BCUT2D eigenvalue weighted by molar-refractivity contribution is 5.80. The second-order valence-electron chi connectivity index (χ2n) is 8.25. The molecule has 3 rings (SSSR count). The number of hydrogen-bond donors (Lipinski definition) is 0. The summed E-state index contributed by atoms with van der Waals surface area (Å²) in [5.41, 5.74) is -0.397. The zero-order valence-corrected chi connectivity index (χ0v) is 17.4. The minimum Gasteiger partial charge on any atom is -0.339 e. The van der Waals surface area contributed by atoms with Gasteiger partial charge in [-0.1, -0.05) is 12.1 Å². The summed E-state index contributed by atoms with van der Waals surface area (Å²) in [6.45, 7) is 2.13. The molecule has 1 aromatic carbocycles. The Labute approximate surface area is 181 Å². The van der Waals surface area contributed by atoms with Crippen LogP contribution in [0.2, 0.25) is 0 Å². The molecule has 1 aromatic rings. The van der Waals surface area contributed by atoms with E-state index < -0.39 is 36.3 Å². The number of halogens is 6. The van der Waals surface area contributed by atoms with E-state index in [-0.39, 0.29) is 32.0 Å². The van der Waals surface area contributed by atoms with Crippen LogP contribution >= 0.6 is 0 Å². The Morgan fingerprint density at radius 2 is 1.50 bits per heavy atom. The molecule has 2 heterocycles. The van der Waals surface area contributed by atoms with Crippen molar-refractivity contribution >= 4 is 11.8 Å². The third kappa shape index (κ3) is 6.60. The van der Waals surface area contributed by atoms with Crippen LogP contribution in [0.25, 0.3) is 0 Å². The van der Waals surface area contributed by atoms with E-state index in [9.17, 15) is 35.9 Å². The maximum Gasteiger partial charge on any atom is 0.416 e. The standard InChI is InChI=1S/C21H25F6N3O2/c22-20(23,24)12-19(32)30-10-9-29(14-17(30)13-28-7-1-2-8-28)18(31)11-15-3-5-16(6-4-15)21(25,26)27/h3-6,17H,1-2,7-14H2. The molecule has 0 aromatic heterocycles. The average molecular weight is 465 g/mol. The summed E-state index contributed by atoms with van der Waals surface area (Å²) >= 11 is 0. The number of carbonyl (C=O) groups excluding carboxylic acids is 2. The second-order valence-corrected chi connectivity index (χ2v) is 8.25. The number of piperazine rings is 1. The van der Waals surface area contributed by atoms with Crippen LogP contribution in [0.15, 0.2) is 24.3 Å². The first-order valence-electron chi connectivity index (χ1n) is 10.4. The summed E-state index contributed by atoms with van der Waals surface area (Å²) < 4.78 is 76.4. The van der Waals surface area contributed by atoms with E-state index in [1.807, 2.05) is 0 Å². The van der Waals surface area contributed by atoms with Gasteiger partial charge in [0.05, 0.1) is 18.0 Å². The first-order valence-corrected chi connectivity index (χ1v) is 10.4. The normalized spacial score (nSPS) is 20.6. The van der Waals surface area contributed by atoms with E-state index in [2.05, 4.69) is 4.90 Å². The van der Waals surface area contributed by atoms with Gasteiger partial charge in [0.15, 0.2) is 0 Å². The molecule has 32 heavy (non-hydrogen) atoms. The fourth-order valence-electron chi connectivity index (χ4n) is 4.20. The van der Waals surface area contributed by atoms with Crippen molar-refractivity contribution in [2.24, 2.45) is 0 Å². The molecule has 178 valence electrons. The molecule has 0 aliphatic carbocycles. The first-order chi connectivity index (χ1) is 14.9. The van der Waals surface area contributed by atoms with E-state index in [1.54, 1.807) is 0 Å². The summed E-state index contributed by atoms with van der Waals surface area (Å²) in [6.07, 6.45) is -8.79. The van der Waals surface area contributed by atoms with Crippen LogP contribution in [-0.4, -0.2) is 78.0 Å². The Morgan fingerprint density at radius 3 is 2.06 bits per heavy atom. The third-order valence-electron chi connectivity index (χ3n) is 5.81. The van der Waals surface area contributed by atoms with E-state index in [0.717, 1.165) is 38.1 Å². The lowest BCUT2D eigenvalue weighted by Gasteiger charge is -2.43. The Kier molecular flexibility index (Phi) is 7.36. The van der Waals surface area contributed by atoms with Gasteiger partial charge in [0.2, 0.25) is 11.8 Å². The van der Waals surface area contributed by atoms with Crippen molar-refractivity contribution in [3.63, 3.8) is 0 Å². The Bertz CT molecular complexity index is 803. The number of likely N-dealkylation sites (tertiary alicyclic amines) is 1. The van der Waals surface area contributed by atoms with Crippen molar-refractivity contribution in [1.29, 1.82) is 0 Å². The molecule has 2 amide bonds. The predicted octanol–water partition coefficient (Wildman–Crippen LogP) is 3.34. The van der Waals surface area contributed by atoms with Gasteiger partial charge < -0.3 is 14.7 Å². The topological polar surface area (TPSA) is 43.9 Å². The Balaban J connectivity index is 1.66. The van der Waals surface area contributed by atoms with Crippen LogP contribution in [0, 0.1) is 0 Å². The predicted molar refractivity (Wildman–Crippen MR) is 104 cm³/mol. The average Bonchev–Trinajstić information content (AvgIpc) is 3.19. The maximum absolute atomic E-state index is 12.7. The van der Waals surface area contributed by atoms with Crippen LogP contribution in [0.3, 0.4) is 0 Å². The van der Waals surface area contributed by atoms with Crippen molar-refractivity contribution in [2.45, 2.75) is 44.1 Å². The van der Waals surface area contributed by atoms with Gasteiger partial charge in [-0.2, -0.15) is 26.3 Å². The van der Waals surface area contributed by atoms with E-state index in [4.69, 9.17) is 0 Å². The molecular weight excluding hydrogens is 440 g/mol. The molecule has 2 saturated heterocycles. The molecule has 0 spiro atoms. The molecule has 5 nitrogen and oxygen atoms in total. The number of carbonyl (C=O) groups is 2. The Hall–Kier alpha value is -2.30. The van der Waals surface area contributed by atoms with Gasteiger partial charge >= 0.3 is 12.4 Å². The largest absolute Gasteiger partial charge is 0.416 e. The van der Waals surface area contributed by atoms with Crippen LogP contribution in [0.4, 0.5) is 26.3 Å². The highest BCUT2D eigenvalue weighted by Gasteiger charge is 2.39. The van der Waals surface area contributed by atoms with Gasteiger partial charge in [-0.3, -0.25) is 9.59 Å². The minimum absolute atomic E-state index is 0.00777. The molecule has 2 fully saturated rings. The van der Waals surface area contributed by atoms with Crippen LogP contribution < -0.4 is 0 Å². The van der Waals surface area contributed by atoms with Crippen LogP contribution in [-0.2, 0) is 22.2 Å². The summed E-state index contributed by atoms with van der Waals surface area (Å²) in [7, 11) is 0. The van der Waals surface area contributed by atoms with Crippen LogP contribution in [0.1, 0.15) is 30.4 Å². The lowest BCUT2D eigenvalue weighted by atomic mass is 10.1. The molecule has 11 heteroatoms. The number of rotatable bonds is 5. The van der Waals surface area contributed by atoms with Crippen molar-refractivity contribution in [1.82, 2.24) is 14.7 Å². The van der Waals surface area contributed by atoms with E-state index in [0.29, 0.717) is 12.1 Å². The lowest BCUT2D eigenvalue weighted by molar-refractivity contribution is -0.166. The summed E-state index contributed by atoms with van der Waals surface area (Å²) in [6, 6.07) is 3.74. The molecule has 2 aliphatic heterocycles. The molecule has 0 saturated carbocycles. The molecule has 1 unspecified atom stereocenters. The number of benzene rings is 1. The summed E-state index contributed by atoms with van der Waals surface area (Å²) in [5, 5.41) is 0. The van der Waals surface area contributed by atoms with Gasteiger partial charge in [0.1, 0.15) is 6.42 Å². The molecule has 0 radical (unpaired) electrons. The number of amides is 2. The van der Waals surface area contributed by atoms with Crippen molar-refractivity contribution in [2.75, 3.05) is 39.3 Å². The van der Waals surface area contributed by atoms with Crippen LogP contribution in [0.5, 0.6) is 0 Å². The SMILES string of the molecule is O=C(Cc1ccc(C(F)(F)F)cc1)N1CCN(C(=O)CC(F)(F)F)C(CN2CCCC2)C1. The van der Waals surface area contributed by atoms with Gasteiger partial charge in [-0.05, 0) is 43.6 Å². The summed E-state index contributed by atoms with van der Waals surface area (Å²) in [5.74, 6) is -1.34. The minimum atomic E-state index is -4.61. The van der Waals surface area contributed by atoms with E-state index in [1.165, 1.54) is 21.9 Å². The van der Waals surface area contributed by atoms with Crippen molar-refractivity contribution < 1.29 is 35.9 Å². The maximum atomic E-state index is 12.7. The zero-order chi connectivity index (χ0) is 23.5. The second kappa shape index (κ2) is 9.68. The van der Waals surface area contributed by atoms with Gasteiger partial charge in [-0.15, -0.1) is 0 Å². The fraction of sp³-hybridized carbons (Fsp3) is 0.619.